The molecule has 1 aliphatic carbocycles. The van der Waals surface area contributed by atoms with Crippen molar-refractivity contribution < 1.29 is 14.3 Å². The summed E-state index contributed by atoms with van der Waals surface area (Å²) in [5.41, 5.74) is 12.6. The first kappa shape index (κ1) is 30.6. The number of aryl methyl sites for hydroxylation is 1. The van der Waals surface area contributed by atoms with Crippen molar-refractivity contribution in [3.8, 4) is 0 Å². The molecule has 4 aliphatic rings. The number of aromatic amines is 1. The highest BCUT2D eigenvalue weighted by molar-refractivity contribution is 6.08. The SMILES string of the molecule is NC(CC(=Nc1ccc(N2CCN(C3COC3)CC2)cn1)c1ncc[nH]1)c1ccnc(N2CCn3c(cc4c3CCCC4)C2=O)c1C=O. The molecule has 0 bridgehead atoms. The van der Waals surface area contributed by atoms with Crippen LogP contribution in [-0.2, 0) is 24.1 Å². The van der Waals surface area contributed by atoms with Crippen LogP contribution in [0.4, 0.5) is 17.3 Å². The molecule has 2 saturated heterocycles. The van der Waals surface area contributed by atoms with Crippen LogP contribution in [0.25, 0.3) is 0 Å². The van der Waals surface area contributed by atoms with E-state index < -0.39 is 6.04 Å². The quantitative estimate of drug-likeness (QED) is 0.206. The van der Waals surface area contributed by atoms with E-state index in [1.165, 1.54) is 11.3 Å². The molecule has 13 heteroatoms. The zero-order valence-corrected chi connectivity index (χ0v) is 26.9. The van der Waals surface area contributed by atoms with Crippen LogP contribution < -0.4 is 15.5 Å². The van der Waals surface area contributed by atoms with Crippen LogP contribution in [0.15, 0.2) is 54.0 Å². The van der Waals surface area contributed by atoms with Crippen LogP contribution in [0.3, 0.4) is 0 Å². The number of anilines is 2. The molecule has 0 spiro atoms. The Bertz CT molecular complexity index is 1820. The van der Waals surface area contributed by atoms with Gasteiger partial charge in [-0.15, -0.1) is 0 Å². The first-order chi connectivity index (χ1) is 23.6. The lowest BCUT2D eigenvalue weighted by Crippen LogP contribution is -2.56. The zero-order chi connectivity index (χ0) is 32.6. The van der Waals surface area contributed by atoms with Crippen LogP contribution in [0, 0.1) is 0 Å². The van der Waals surface area contributed by atoms with Gasteiger partial charge in [0.15, 0.2) is 17.9 Å². The third-order valence-corrected chi connectivity index (χ3v) is 10.2. The summed E-state index contributed by atoms with van der Waals surface area (Å²) in [5, 5.41) is 0. The molecular formula is C35H40N10O3. The van der Waals surface area contributed by atoms with Crippen molar-refractivity contribution in [3.63, 3.8) is 0 Å². The van der Waals surface area contributed by atoms with Crippen molar-refractivity contribution in [1.29, 1.82) is 0 Å². The maximum atomic E-state index is 13.8. The fraction of sp³-hybridized carbons (Fsp3) is 0.429. The van der Waals surface area contributed by atoms with Gasteiger partial charge < -0.3 is 24.9 Å². The van der Waals surface area contributed by atoms with E-state index in [4.69, 9.17) is 15.5 Å². The van der Waals surface area contributed by atoms with Gasteiger partial charge >= 0.3 is 0 Å². The van der Waals surface area contributed by atoms with E-state index in [0.717, 1.165) is 77.0 Å². The van der Waals surface area contributed by atoms with E-state index in [1.54, 1.807) is 29.6 Å². The highest BCUT2D eigenvalue weighted by Crippen LogP contribution is 2.32. The van der Waals surface area contributed by atoms with E-state index in [1.807, 2.05) is 18.3 Å². The van der Waals surface area contributed by atoms with E-state index in [2.05, 4.69) is 40.4 Å². The maximum Gasteiger partial charge on any atom is 0.276 e. The molecule has 1 amide bonds. The Hall–Kier alpha value is -4.72. The summed E-state index contributed by atoms with van der Waals surface area (Å²) < 4.78 is 7.52. The maximum absolute atomic E-state index is 13.8. The van der Waals surface area contributed by atoms with Gasteiger partial charge in [0.05, 0.1) is 42.4 Å². The lowest BCUT2D eigenvalue weighted by molar-refractivity contribution is -0.0660. The first-order valence-corrected chi connectivity index (χ1v) is 16.9. The monoisotopic (exact) mass is 648 g/mol. The molecule has 0 saturated carbocycles. The minimum Gasteiger partial charge on any atom is -0.378 e. The molecule has 3 N–H and O–H groups in total. The Balaban J connectivity index is 1.01. The van der Waals surface area contributed by atoms with Crippen molar-refractivity contribution in [3.05, 3.63) is 83.0 Å². The third-order valence-electron chi connectivity index (χ3n) is 10.2. The van der Waals surface area contributed by atoms with Crippen LogP contribution >= 0.6 is 0 Å². The minimum atomic E-state index is -0.622. The predicted molar refractivity (Wildman–Crippen MR) is 181 cm³/mol. The van der Waals surface area contributed by atoms with Gasteiger partial charge in [-0.2, -0.15) is 0 Å². The molecule has 3 aliphatic heterocycles. The third kappa shape index (κ3) is 5.71. The summed E-state index contributed by atoms with van der Waals surface area (Å²) in [6.07, 6.45) is 12.2. The summed E-state index contributed by atoms with van der Waals surface area (Å²) in [7, 11) is 0. The average molecular weight is 649 g/mol. The lowest BCUT2D eigenvalue weighted by atomic mass is 9.97. The summed E-state index contributed by atoms with van der Waals surface area (Å²) in [5.74, 6) is 1.31. The van der Waals surface area contributed by atoms with Gasteiger partial charge in [0.1, 0.15) is 11.5 Å². The number of aromatic nitrogens is 5. The van der Waals surface area contributed by atoms with Gasteiger partial charge in [0, 0.05) is 76.0 Å². The number of H-pyrrole nitrogens is 1. The van der Waals surface area contributed by atoms with Gasteiger partial charge in [-0.25, -0.2) is 19.9 Å². The van der Waals surface area contributed by atoms with E-state index >= 15 is 0 Å². The van der Waals surface area contributed by atoms with Gasteiger partial charge in [-0.3, -0.25) is 19.4 Å². The number of aldehydes is 1. The summed E-state index contributed by atoms with van der Waals surface area (Å²) in [6.45, 7) is 6.68. The number of amides is 1. The number of carbonyl (C=O) groups excluding carboxylic acids is 2. The molecule has 4 aromatic heterocycles. The Morgan fingerprint density at radius 3 is 2.62 bits per heavy atom. The number of fused-ring (bicyclic) bond motifs is 3. The molecule has 248 valence electrons. The molecule has 48 heavy (non-hydrogen) atoms. The largest absolute Gasteiger partial charge is 0.378 e. The fourth-order valence-corrected chi connectivity index (χ4v) is 7.46. The van der Waals surface area contributed by atoms with Crippen LogP contribution in [0.5, 0.6) is 0 Å². The molecule has 13 nitrogen and oxygen atoms in total. The average Bonchev–Trinajstić information content (AvgIpc) is 3.77. The predicted octanol–water partition coefficient (Wildman–Crippen LogP) is 3.08. The normalized spacial score (nSPS) is 19.5. The zero-order valence-electron chi connectivity index (χ0n) is 26.9. The molecule has 1 atom stereocenters. The smallest absolute Gasteiger partial charge is 0.276 e. The van der Waals surface area contributed by atoms with E-state index in [-0.39, 0.29) is 12.3 Å². The number of pyridine rings is 2. The molecule has 1 unspecified atom stereocenters. The number of piperazine rings is 1. The summed E-state index contributed by atoms with van der Waals surface area (Å²) in [6, 6.07) is 7.67. The van der Waals surface area contributed by atoms with Crippen molar-refractivity contribution in [2.75, 3.05) is 55.7 Å². The Morgan fingerprint density at radius 2 is 1.90 bits per heavy atom. The van der Waals surface area contributed by atoms with Gasteiger partial charge in [-0.05, 0) is 61.1 Å². The van der Waals surface area contributed by atoms with E-state index in [0.29, 0.717) is 59.1 Å². The van der Waals surface area contributed by atoms with E-state index in [9.17, 15) is 9.59 Å². The minimum absolute atomic E-state index is 0.140. The van der Waals surface area contributed by atoms with Crippen LogP contribution in [0.2, 0.25) is 0 Å². The Morgan fingerprint density at radius 1 is 1.04 bits per heavy atom. The molecule has 0 radical (unpaired) electrons. The summed E-state index contributed by atoms with van der Waals surface area (Å²) >= 11 is 0. The number of ether oxygens (including phenoxy) is 1. The summed E-state index contributed by atoms with van der Waals surface area (Å²) in [4.78, 5) is 54.5. The molecule has 0 aromatic carbocycles. The van der Waals surface area contributed by atoms with Crippen LogP contribution in [-0.4, -0.2) is 99.3 Å². The highest BCUT2D eigenvalue weighted by atomic mass is 16.5. The van der Waals surface area contributed by atoms with Gasteiger partial charge in [0.2, 0.25) is 0 Å². The number of nitrogens with one attached hydrogen (secondary N) is 1. The highest BCUT2D eigenvalue weighted by Gasteiger charge is 2.33. The number of hydrogen-bond acceptors (Lipinski definition) is 10. The number of carbonyl (C=O) groups is 2. The standard InChI is InChI=1S/C35H40N10O3/c36-28(26-7-8-39-34(27(26)20-46)45-16-15-44-30-4-2-1-3-23(30)17-31(44)35(45)47)18-29(33-37-9-10-38-33)41-32-6-5-24(19-40-32)42-11-13-43(14-12-42)25-21-48-22-25/h5-10,17,19-20,25,28H,1-4,11-16,18,21-22,36H2,(H,37,38). The van der Waals surface area contributed by atoms with Crippen LogP contribution in [0.1, 0.15) is 68.8 Å². The Kier molecular flexibility index (Phi) is 8.33. The second-order valence-electron chi connectivity index (χ2n) is 13.0. The number of aliphatic imine (C=N–C) groups is 1. The topological polar surface area (TPSA) is 151 Å². The van der Waals surface area contributed by atoms with Crippen molar-refractivity contribution in [2.45, 2.75) is 50.7 Å². The molecule has 4 aromatic rings. The molecule has 8 rings (SSSR count). The first-order valence-electron chi connectivity index (χ1n) is 16.9. The fourth-order valence-electron chi connectivity index (χ4n) is 7.46. The number of rotatable bonds is 9. The Labute approximate surface area is 278 Å². The number of nitrogens with zero attached hydrogens (tertiary/aromatic N) is 8. The van der Waals surface area contributed by atoms with Crippen molar-refractivity contribution >= 4 is 35.2 Å². The number of nitrogens with two attached hydrogens (primary N) is 1. The second kappa shape index (κ2) is 13.1. The van der Waals surface area contributed by atoms with Crippen molar-refractivity contribution in [1.82, 2.24) is 29.4 Å². The van der Waals surface area contributed by atoms with Gasteiger partial charge in [0.25, 0.3) is 5.91 Å². The lowest BCUT2D eigenvalue weighted by Gasteiger charge is -2.43. The second-order valence-corrected chi connectivity index (χ2v) is 13.0. The molecule has 7 heterocycles. The van der Waals surface area contributed by atoms with Crippen molar-refractivity contribution in [2.24, 2.45) is 10.7 Å². The number of hydrogen-bond donors (Lipinski definition) is 2. The molecule has 2 fully saturated rings. The molecular weight excluding hydrogens is 608 g/mol. The number of imidazole rings is 1. The van der Waals surface area contributed by atoms with Gasteiger partial charge in [-0.1, -0.05) is 0 Å².